The zero-order valence-corrected chi connectivity index (χ0v) is 17.6. The van der Waals surface area contributed by atoms with E-state index in [0.717, 1.165) is 30.0 Å². The van der Waals surface area contributed by atoms with Crippen molar-refractivity contribution in [2.75, 3.05) is 29.4 Å². The number of nitrogens with one attached hydrogen (secondary N) is 2. The summed E-state index contributed by atoms with van der Waals surface area (Å²) in [6.45, 7) is 6.34. The first kappa shape index (κ1) is 19.1. The molecule has 1 saturated carbocycles. The Bertz CT molecular complexity index is 980. The summed E-state index contributed by atoms with van der Waals surface area (Å²) in [5, 5.41) is 4.67. The molecule has 4 heterocycles. The van der Waals surface area contributed by atoms with Crippen LogP contribution in [-0.4, -0.2) is 61.8 Å². The molecule has 9 heteroatoms. The summed E-state index contributed by atoms with van der Waals surface area (Å²) in [6.07, 6.45) is -0.171. The third kappa shape index (κ3) is 2.53. The molecular formula is C22H27N5O4. The van der Waals surface area contributed by atoms with E-state index in [-0.39, 0.29) is 18.6 Å². The van der Waals surface area contributed by atoms with Crippen molar-refractivity contribution >= 4 is 29.2 Å². The van der Waals surface area contributed by atoms with Crippen molar-refractivity contribution in [3.05, 3.63) is 23.8 Å². The van der Waals surface area contributed by atoms with Crippen molar-refractivity contribution in [1.29, 1.82) is 0 Å². The molecule has 4 fully saturated rings. The minimum atomic E-state index is -1.42. The van der Waals surface area contributed by atoms with E-state index in [0.29, 0.717) is 24.4 Å². The Morgan fingerprint density at radius 3 is 2.42 bits per heavy atom. The van der Waals surface area contributed by atoms with Crippen molar-refractivity contribution in [3.63, 3.8) is 0 Å². The molecule has 0 aromatic heterocycles. The zero-order chi connectivity index (χ0) is 21.7. The number of ether oxygens (including phenoxy) is 1. The van der Waals surface area contributed by atoms with E-state index >= 15 is 0 Å². The lowest BCUT2D eigenvalue weighted by Gasteiger charge is -2.55. The molecule has 31 heavy (non-hydrogen) atoms. The van der Waals surface area contributed by atoms with Crippen LogP contribution in [0.4, 0.5) is 16.2 Å². The highest BCUT2D eigenvalue weighted by Gasteiger charge is 2.63. The fourth-order valence-electron chi connectivity index (χ4n) is 6.41. The predicted molar refractivity (Wildman–Crippen MR) is 113 cm³/mol. The van der Waals surface area contributed by atoms with Crippen molar-refractivity contribution in [1.82, 2.24) is 10.6 Å². The normalized spacial score (nSPS) is 37.7. The Hall–Kier alpha value is -2.65. The van der Waals surface area contributed by atoms with Gasteiger partial charge in [-0.2, -0.15) is 0 Å². The Morgan fingerprint density at radius 1 is 1.06 bits per heavy atom. The van der Waals surface area contributed by atoms with Gasteiger partial charge in [-0.3, -0.25) is 20.2 Å². The highest BCUT2D eigenvalue weighted by atomic mass is 16.5. The van der Waals surface area contributed by atoms with E-state index in [1.807, 2.05) is 13.8 Å². The molecule has 4 amide bonds. The number of nitrogens with zero attached hydrogens (tertiary/aromatic N) is 2. The Morgan fingerprint density at radius 2 is 1.74 bits per heavy atom. The molecule has 1 aromatic carbocycles. The molecule has 6 rings (SSSR count). The number of piperidine rings is 1. The Kier molecular flexibility index (Phi) is 3.81. The number of carbonyl (C=O) groups excluding carboxylic acids is 3. The van der Waals surface area contributed by atoms with Crippen LogP contribution >= 0.6 is 0 Å². The van der Waals surface area contributed by atoms with E-state index in [1.54, 1.807) is 0 Å². The summed E-state index contributed by atoms with van der Waals surface area (Å²) >= 11 is 0. The smallest absolute Gasteiger partial charge is 0.328 e. The maximum Gasteiger partial charge on any atom is 0.328 e. The van der Waals surface area contributed by atoms with Gasteiger partial charge >= 0.3 is 6.03 Å². The van der Waals surface area contributed by atoms with Crippen LogP contribution in [0.5, 0.6) is 0 Å². The first-order valence-electron chi connectivity index (χ1n) is 11.0. The van der Waals surface area contributed by atoms with E-state index in [4.69, 9.17) is 10.5 Å². The fraction of sp³-hybridized carbons (Fsp3) is 0.591. The van der Waals surface area contributed by atoms with Gasteiger partial charge in [-0.25, -0.2) is 4.79 Å². The second-order valence-electron chi connectivity index (χ2n) is 9.76. The molecular weight excluding hydrogens is 398 g/mol. The van der Waals surface area contributed by atoms with Gasteiger partial charge in [0, 0.05) is 37.1 Å². The molecule has 1 aromatic rings. The van der Waals surface area contributed by atoms with Gasteiger partial charge in [-0.1, -0.05) is 0 Å². The molecule has 4 aliphatic heterocycles. The van der Waals surface area contributed by atoms with E-state index in [9.17, 15) is 14.4 Å². The monoisotopic (exact) mass is 425 g/mol. The molecule has 4 N–H and O–H groups in total. The minimum absolute atomic E-state index is 0.0440. The average molecular weight is 425 g/mol. The van der Waals surface area contributed by atoms with Gasteiger partial charge in [-0.05, 0) is 55.9 Å². The number of barbiturate groups is 1. The van der Waals surface area contributed by atoms with Gasteiger partial charge < -0.3 is 20.3 Å². The second kappa shape index (κ2) is 6.20. The van der Waals surface area contributed by atoms with Gasteiger partial charge in [-0.15, -0.1) is 0 Å². The Balaban J connectivity index is 1.43. The van der Waals surface area contributed by atoms with Crippen molar-refractivity contribution in [2.45, 2.75) is 44.6 Å². The number of anilines is 2. The fourth-order valence-corrected chi connectivity index (χ4v) is 6.41. The van der Waals surface area contributed by atoms with Crippen LogP contribution in [0.25, 0.3) is 0 Å². The third-order valence-corrected chi connectivity index (χ3v) is 7.92. The zero-order valence-electron chi connectivity index (χ0n) is 17.6. The molecule has 9 nitrogen and oxygen atoms in total. The number of urea groups is 1. The van der Waals surface area contributed by atoms with E-state index in [1.165, 1.54) is 0 Å². The predicted octanol–water partition coefficient (Wildman–Crippen LogP) is -0.0294. The lowest BCUT2D eigenvalue weighted by molar-refractivity contribution is -0.153. The molecule has 0 bridgehead atoms. The number of fused-ring (bicyclic) bond motifs is 5. The summed E-state index contributed by atoms with van der Waals surface area (Å²) in [5.41, 5.74) is 7.74. The average Bonchev–Trinajstić information content (AvgIpc) is 3.10. The van der Waals surface area contributed by atoms with Crippen LogP contribution in [0, 0.1) is 17.3 Å². The van der Waals surface area contributed by atoms with Crippen LogP contribution in [-0.2, 0) is 20.7 Å². The summed E-state index contributed by atoms with van der Waals surface area (Å²) in [4.78, 5) is 42.7. The standard InChI is InChI=1S/C22H27N5O4/c1-10-7-27-16-4-3-13(26-8-14-15(9-26)17(14)23)5-12(16)6-22(18(27)11(2)31-10)19(28)24-21(30)25-20(22)29/h3-5,10-11,14-15,17-18H,6-9,23H2,1-2H3,(H2,24,25,28,29,30)/t10-,11+,14-,15+,17+,18-/m1/s1. The number of hydrogen-bond donors (Lipinski definition) is 3. The van der Waals surface area contributed by atoms with Gasteiger partial charge in [0.25, 0.3) is 0 Å². The van der Waals surface area contributed by atoms with Gasteiger partial charge in [0.2, 0.25) is 11.8 Å². The molecule has 164 valence electrons. The number of rotatable bonds is 1. The molecule has 3 saturated heterocycles. The summed E-state index contributed by atoms with van der Waals surface area (Å²) in [5.74, 6) is 0.0265. The summed E-state index contributed by atoms with van der Waals surface area (Å²) in [6, 6.07) is 5.39. The molecule has 5 aliphatic rings. The summed E-state index contributed by atoms with van der Waals surface area (Å²) in [7, 11) is 0. The molecule has 0 radical (unpaired) electrons. The topological polar surface area (TPSA) is 117 Å². The molecule has 1 aliphatic carbocycles. The largest absolute Gasteiger partial charge is 0.372 e. The number of carbonyl (C=O) groups is 3. The van der Waals surface area contributed by atoms with Crippen LogP contribution in [0.2, 0.25) is 0 Å². The van der Waals surface area contributed by atoms with Crippen LogP contribution in [0.15, 0.2) is 18.2 Å². The van der Waals surface area contributed by atoms with Gasteiger partial charge in [0.15, 0.2) is 5.41 Å². The lowest BCUT2D eigenvalue weighted by Crippen LogP contribution is -2.75. The SMILES string of the molecule is C[C@@H]1CN2c3ccc(N4C[C@@H]5[C@@H](N)[C@@H]5C4)cc3CC3(C(=O)NC(=O)NC3=O)[C@H]2[C@H](C)O1. The van der Waals surface area contributed by atoms with Crippen LogP contribution < -0.4 is 26.2 Å². The maximum absolute atomic E-state index is 13.2. The molecule has 0 unspecified atom stereocenters. The second-order valence-corrected chi connectivity index (χ2v) is 9.76. The molecule has 1 spiro atoms. The van der Waals surface area contributed by atoms with Crippen molar-refractivity contribution in [3.8, 4) is 0 Å². The van der Waals surface area contributed by atoms with Crippen molar-refractivity contribution in [2.24, 2.45) is 23.0 Å². The Labute approximate surface area is 180 Å². The molecule has 6 atom stereocenters. The van der Waals surface area contributed by atoms with Crippen LogP contribution in [0.3, 0.4) is 0 Å². The number of morpholine rings is 1. The number of benzene rings is 1. The number of imide groups is 2. The summed E-state index contributed by atoms with van der Waals surface area (Å²) < 4.78 is 6.05. The van der Waals surface area contributed by atoms with Crippen molar-refractivity contribution < 1.29 is 19.1 Å². The number of nitrogens with two attached hydrogens (primary N) is 1. The van der Waals surface area contributed by atoms with Crippen LogP contribution in [0.1, 0.15) is 19.4 Å². The third-order valence-electron chi connectivity index (χ3n) is 7.92. The highest BCUT2D eigenvalue weighted by Crippen LogP contribution is 2.49. The van der Waals surface area contributed by atoms with E-state index < -0.39 is 29.3 Å². The maximum atomic E-state index is 13.2. The minimum Gasteiger partial charge on any atom is -0.372 e. The number of hydrogen-bond acceptors (Lipinski definition) is 7. The van der Waals surface area contributed by atoms with Gasteiger partial charge in [0.1, 0.15) is 0 Å². The van der Waals surface area contributed by atoms with E-state index in [2.05, 4.69) is 38.6 Å². The first-order valence-corrected chi connectivity index (χ1v) is 11.0. The van der Waals surface area contributed by atoms with Gasteiger partial charge in [0.05, 0.1) is 18.2 Å². The first-order chi connectivity index (χ1) is 14.8. The number of amides is 4. The quantitative estimate of drug-likeness (QED) is 0.541. The highest BCUT2D eigenvalue weighted by molar-refractivity contribution is 6.20. The lowest BCUT2D eigenvalue weighted by atomic mass is 9.66.